The predicted molar refractivity (Wildman–Crippen MR) is 110 cm³/mol. The Labute approximate surface area is 175 Å². The molecule has 0 amide bonds. The van der Waals surface area contributed by atoms with Crippen molar-refractivity contribution in [1.82, 2.24) is 4.98 Å². The van der Waals surface area contributed by atoms with E-state index in [1.807, 2.05) is 4.90 Å². The number of nitrogens with zero attached hydrogens (tertiary/aromatic N) is 3. The van der Waals surface area contributed by atoms with Gasteiger partial charge in [0.1, 0.15) is 33.4 Å². The molecule has 0 saturated heterocycles. The van der Waals surface area contributed by atoms with Gasteiger partial charge in [-0.1, -0.05) is 0 Å². The fourth-order valence-electron chi connectivity index (χ4n) is 3.29. The molecule has 154 valence electrons. The first-order valence-electron chi connectivity index (χ1n) is 8.77. The number of fused-ring (bicyclic) bond motifs is 1. The van der Waals surface area contributed by atoms with E-state index in [2.05, 4.69) is 15.8 Å². The Bertz CT molecular complexity index is 1250. The Balaban J connectivity index is 1.53. The van der Waals surface area contributed by atoms with E-state index in [4.69, 9.17) is 5.73 Å². The highest BCUT2D eigenvalue weighted by molar-refractivity contribution is 7.92. The van der Waals surface area contributed by atoms with Crippen LogP contribution < -0.4 is 15.4 Å². The van der Waals surface area contributed by atoms with Crippen molar-refractivity contribution in [1.29, 1.82) is 5.26 Å². The van der Waals surface area contributed by atoms with Gasteiger partial charge in [-0.05, 0) is 36.2 Å². The molecule has 1 aliphatic heterocycles. The second kappa shape index (κ2) is 7.55. The van der Waals surface area contributed by atoms with Gasteiger partial charge in [0, 0.05) is 23.7 Å². The van der Waals surface area contributed by atoms with Gasteiger partial charge in [-0.3, -0.25) is 4.72 Å². The number of thiophene rings is 1. The van der Waals surface area contributed by atoms with E-state index in [0.29, 0.717) is 42.0 Å². The van der Waals surface area contributed by atoms with E-state index in [1.165, 1.54) is 23.6 Å². The first-order valence-corrected chi connectivity index (χ1v) is 11.1. The number of hydrogen-bond acceptors (Lipinski definition) is 7. The van der Waals surface area contributed by atoms with Gasteiger partial charge in [0.05, 0.1) is 17.8 Å². The van der Waals surface area contributed by atoms with Crippen LogP contribution in [-0.2, 0) is 23.0 Å². The number of pyridine rings is 1. The maximum Gasteiger partial charge on any atom is 0.263 e. The number of halogens is 2. The van der Waals surface area contributed by atoms with Crippen LogP contribution in [0.15, 0.2) is 41.4 Å². The molecule has 1 aromatic carbocycles. The van der Waals surface area contributed by atoms with Crippen LogP contribution in [0.5, 0.6) is 0 Å². The molecular formula is C19H15F2N5O2S2. The summed E-state index contributed by atoms with van der Waals surface area (Å²) in [5, 5.41) is 9.73. The molecule has 0 unspecified atom stereocenters. The number of sulfonamides is 1. The first kappa shape index (κ1) is 20.1. The van der Waals surface area contributed by atoms with Crippen LogP contribution in [0.1, 0.15) is 16.0 Å². The summed E-state index contributed by atoms with van der Waals surface area (Å²) in [6, 6.07) is 7.50. The molecule has 0 saturated carbocycles. The summed E-state index contributed by atoms with van der Waals surface area (Å²) in [5.41, 5.74) is 7.18. The normalized spacial score (nSPS) is 13.6. The third kappa shape index (κ3) is 3.79. The zero-order valence-corrected chi connectivity index (χ0v) is 17.0. The molecule has 3 N–H and O–H groups in total. The second-order valence-corrected chi connectivity index (χ2v) is 9.46. The fourth-order valence-corrected chi connectivity index (χ4v) is 5.36. The molecule has 30 heavy (non-hydrogen) atoms. The topological polar surface area (TPSA) is 112 Å². The van der Waals surface area contributed by atoms with E-state index < -0.39 is 21.7 Å². The molecule has 0 spiro atoms. The summed E-state index contributed by atoms with van der Waals surface area (Å²) in [4.78, 5) is 7.05. The second-order valence-electron chi connectivity index (χ2n) is 6.64. The van der Waals surface area contributed by atoms with Crippen LogP contribution in [0.2, 0.25) is 0 Å². The van der Waals surface area contributed by atoms with Gasteiger partial charge in [0.15, 0.2) is 0 Å². The summed E-state index contributed by atoms with van der Waals surface area (Å²) in [6.07, 6.45) is 1.83. The predicted octanol–water partition coefficient (Wildman–Crippen LogP) is 3.24. The lowest BCUT2D eigenvalue weighted by molar-refractivity contribution is 0.584. The molecule has 11 heteroatoms. The molecule has 0 radical (unpaired) electrons. The fraction of sp³-hybridized carbons (Fsp3) is 0.158. The lowest BCUT2D eigenvalue weighted by Gasteiger charge is -2.28. The number of rotatable bonds is 4. The molecule has 0 aliphatic carbocycles. The van der Waals surface area contributed by atoms with Crippen molar-refractivity contribution in [3.8, 4) is 6.07 Å². The molecule has 0 bridgehead atoms. The SMILES string of the molecule is N#Cc1c(N)sc2c1CCN(c1ccc(S(=O)(=O)Nc3cc(F)cc(F)c3)cn1)C2. The van der Waals surface area contributed by atoms with E-state index in [0.717, 1.165) is 22.6 Å². The van der Waals surface area contributed by atoms with Crippen LogP contribution >= 0.6 is 11.3 Å². The minimum Gasteiger partial charge on any atom is -0.389 e. The molecule has 3 heterocycles. The van der Waals surface area contributed by atoms with Crippen LogP contribution in [0.4, 0.5) is 25.3 Å². The highest BCUT2D eigenvalue weighted by Gasteiger charge is 2.25. The molecule has 3 aromatic rings. The third-order valence-electron chi connectivity index (χ3n) is 4.67. The lowest BCUT2D eigenvalue weighted by atomic mass is 10.0. The van der Waals surface area contributed by atoms with Crippen molar-refractivity contribution < 1.29 is 17.2 Å². The third-order valence-corrected chi connectivity index (χ3v) is 7.08. The van der Waals surface area contributed by atoms with Crippen LogP contribution in [-0.4, -0.2) is 19.9 Å². The Morgan fingerprint density at radius 1 is 1.23 bits per heavy atom. The zero-order chi connectivity index (χ0) is 21.5. The summed E-state index contributed by atoms with van der Waals surface area (Å²) in [6.45, 7) is 1.13. The largest absolute Gasteiger partial charge is 0.389 e. The number of nitrogen functional groups attached to an aromatic ring is 1. The Morgan fingerprint density at radius 3 is 2.60 bits per heavy atom. The molecule has 2 aromatic heterocycles. The standard InChI is InChI=1S/C19H15F2N5O2S2/c20-11-5-12(21)7-13(6-11)25-30(27,28)14-1-2-18(24-9-14)26-4-3-15-16(8-22)19(23)29-17(15)10-26/h1-2,5-7,9,25H,3-4,10,23H2. The smallest absolute Gasteiger partial charge is 0.263 e. The van der Waals surface area contributed by atoms with Gasteiger partial charge >= 0.3 is 0 Å². The van der Waals surface area contributed by atoms with E-state index in [1.54, 1.807) is 6.07 Å². The summed E-state index contributed by atoms with van der Waals surface area (Å²) in [5.74, 6) is -1.21. The average molecular weight is 447 g/mol. The lowest BCUT2D eigenvalue weighted by Crippen LogP contribution is -2.30. The van der Waals surface area contributed by atoms with Gasteiger partial charge in [0.25, 0.3) is 10.0 Å². The Kier molecular flexibility index (Phi) is 5.05. The number of benzene rings is 1. The minimum absolute atomic E-state index is 0.138. The molecule has 1 aliphatic rings. The average Bonchev–Trinajstić information content (AvgIpc) is 3.01. The Hall–Kier alpha value is -3.23. The monoisotopic (exact) mass is 447 g/mol. The van der Waals surface area contributed by atoms with Gasteiger partial charge in [-0.15, -0.1) is 11.3 Å². The van der Waals surface area contributed by atoms with Crippen molar-refractivity contribution in [2.75, 3.05) is 21.9 Å². The van der Waals surface area contributed by atoms with Gasteiger partial charge in [-0.2, -0.15) is 5.26 Å². The summed E-state index contributed by atoms with van der Waals surface area (Å²) in [7, 11) is -4.06. The maximum atomic E-state index is 13.3. The highest BCUT2D eigenvalue weighted by Crippen LogP contribution is 2.35. The van der Waals surface area contributed by atoms with Crippen molar-refractivity contribution in [2.24, 2.45) is 0 Å². The van der Waals surface area contributed by atoms with Gasteiger partial charge < -0.3 is 10.6 Å². The first-order chi connectivity index (χ1) is 14.3. The Morgan fingerprint density at radius 2 is 1.97 bits per heavy atom. The van der Waals surface area contributed by atoms with Crippen molar-refractivity contribution >= 4 is 37.9 Å². The number of nitriles is 1. The number of aromatic nitrogens is 1. The van der Waals surface area contributed by atoms with Gasteiger partial charge in [0.2, 0.25) is 0 Å². The van der Waals surface area contributed by atoms with Crippen molar-refractivity contribution in [3.63, 3.8) is 0 Å². The highest BCUT2D eigenvalue weighted by atomic mass is 32.2. The molecular weight excluding hydrogens is 432 g/mol. The zero-order valence-electron chi connectivity index (χ0n) is 15.4. The van der Waals surface area contributed by atoms with E-state index in [-0.39, 0.29) is 10.6 Å². The number of hydrogen-bond donors (Lipinski definition) is 2. The van der Waals surface area contributed by atoms with E-state index in [9.17, 15) is 22.5 Å². The summed E-state index contributed by atoms with van der Waals surface area (Å²) < 4.78 is 53.7. The van der Waals surface area contributed by atoms with Crippen molar-refractivity contribution in [2.45, 2.75) is 17.9 Å². The van der Waals surface area contributed by atoms with Crippen LogP contribution in [0.25, 0.3) is 0 Å². The van der Waals surface area contributed by atoms with Crippen molar-refractivity contribution in [3.05, 3.63) is 64.2 Å². The number of nitrogens with one attached hydrogen (secondary N) is 1. The van der Waals surface area contributed by atoms with Gasteiger partial charge in [-0.25, -0.2) is 22.2 Å². The molecule has 4 rings (SSSR count). The molecule has 0 atom stereocenters. The minimum atomic E-state index is -4.06. The molecule has 7 nitrogen and oxygen atoms in total. The summed E-state index contributed by atoms with van der Waals surface area (Å²) >= 11 is 1.37. The van der Waals surface area contributed by atoms with Crippen LogP contribution in [0, 0.1) is 23.0 Å². The number of anilines is 3. The number of nitrogens with two attached hydrogens (primary N) is 1. The van der Waals surface area contributed by atoms with E-state index >= 15 is 0 Å². The molecule has 0 fully saturated rings. The maximum absolute atomic E-state index is 13.3. The quantitative estimate of drug-likeness (QED) is 0.635. The van der Waals surface area contributed by atoms with Crippen LogP contribution in [0.3, 0.4) is 0 Å².